The van der Waals surface area contributed by atoms with Crippen LogP contribution in [0.3, 0.4) is 0 Å². The molecular formula is C24H30O4. The fraction of sp³-hybridized carbons (Fsp3) is 0.417. The Hall–Kier alpha value is -2.62. The van der Waals surface area contributed by atoms with Crippen molar-refractivity contribution >= 4 is 11.9 Å². The molecule has 28 heavy (non-hydrogen) atoms. The highest BCUT2D eigenvalue weighted by atomic mass is 16.5. The van der Waals surface area contributed by atoms with Crippen LogP contribution in [0.2, 0.25) is 0 Å². The zero-order valence-corrected chi connectivity index (χ0v) is 17.3. The second kappa shape index (κ2) is 10.6. The molecule has 150 valence electrons. The standard InChI is InChI=1S/C24H30O4/c1-17-9-11-21(19(3)13-17)15-27-23(25)7-5-6-8-24(26)28-16-22-12-10-18(2)14-20(22)4/h9-14H,5-8,15-16H2,1-4H3. The maximum Gasteiger partial charge on any atom is 0.306 e. The molecule has 0 aromatic heterocycles. The molecule has 0 atom stereocenters. The van der Waals surface area contributed by atoms with E-state index in [2.05, 4.69) is 12.1 Å². The first-order chi connectivity index (χ1) is 13.3. The topological polar surface area (TPSA) is 52.6 Å². The molecule has 0 heterocycles. The molecule has 0 saturated carbocycles. The van der Waals surface area contributed by atoms with Crippen LogP contribution in [0.25, 0.3) is 0 Å². The van der Waals surface area contributed by atoms with Gasteiger partial charge in [-0.25, -0.2) is 0 Å². The number of hydrogen-bond acceptors (Lipinski definition) is 4. The Labute approximate surface area is 167 Å². The van der Waals surface area contributed by atoms with Gasteiger partial charge in [-0.15, -0.1) is 0 Å². The monoisotopic (exact) mass is 382 g/mol. The Bertz CT molecular complexity index is 754. The van der Waals surface area contributed by atoms with Crippen molar-refractivity contribution < 1.29 is 19.1 Å². The third-order valence-electron chi connectivity index (χ3n) is 4.79. The number of esters is 2. The van der Waals surface area contributed by atoms with Gasteiger partial charge in [-0.2, -0.15) is 0 Å². The van der Waals surface area contributed by atoms with Gasteiger partial charge >= 0.3 is 11.9 Å². The van der Waals surface area contributed by atoms with Crippen LogP contribution >= 0.6 is 0 Å². The van der Waals surface area contributed by atoms with Crippen molar-refractivity contribution in [3.8, 4) is 0 Å². The number of benzene rings is 2. The molecule has 0 aliphatic rings. The highest BCUT2D eigenvalue weighted by Gasteiger charge is 2.08. The average Bonchev–Trinajstić information content (AvgIpc) is 2.64. The molecule has 2 aromatic rings. The molecule has 4 nitrogen and oxygen atoms in total. The minimum atomic E-state index is -0.233. The van der Waals surface area contributed by atoms with Gasteiger partial charge in [0.25, 0.3) is 0 Å². The maximum atomic E-state index is 11.9. The Morgan fingerprint density at radius 2 is 1.07 bits per heavy atom. The summed E-state index contributed by atoms with van der Waals surface area (Å²) in [6, 6.07) is 12.2. The van der Waals surface area contributed by atoms with Crippen molar-refractivity contribution in [1.29, 1.82) is 0 Å². The summed E-state index contributed by atoms with van der Waals surface area (Å²) in [4.78, 5) is 23.8. The molecule has 0 unspecified atom stereocenters. The molecule has 0 spiro atoms. The van der Waals surface area contributed by atoms with Crippen molar-refractivity contribution in [2.24, 2.45) is 0 Å². The lowest BCUT2D eigenvalue weighted by Crippen LogP contribution is -2.07. The smallest absolute Gasteiger partial charge is 0.306 e. The highest BCUT2D eigenvalue weighted by Crippen LogP contribution is 2.14. The number of carbonyl (C=O) groups excluding carboxylic acids is 2. The largest absolute Gasteiger partial charge is 0.461 e. The van der Waals surface area contributed by atoms with Crippen LogP contribution in [0.4, 0.5) is 0 Å². The second-order valence-corrected chi connectivity index (χ2v) is 7.39. The van der Waals surface area contributed by atoms with Crippen molar-refractivity contribution in [2.45, 2.75) is 66.6 Å². The van der Waals surface area contributed by atoms with Crippen LogP contribution in [-0.2, 0) is 32.3 Å². The summed E-state index contributed by atoms with van der Waals surface area (Å²) in [5.74, 6) is -0.466. The van der Waals surface area contributed by atoms with Crippen LogP contribution in [0.1, 0.15) is 59.1 Å². The number of unbranched alkanes of at least 4 members (excludes halogenated alkanes) is 1. The second-order valence-electron chi connectivity index (χ2n) is 7.39. The molecule has 0 fully saturated rings. The summed E-state index contributed by atoms with van der Waals surface area (Å²) in [5.41, 5.74) is 6.68. The number of ether oxygens (including phenoxy) is 2. The minimum Gasteiger partial charge on any atom is -0.461 e. The molecule has 0 amide bonds. The summed E-state index contributed by atoms with van der Waals surface area (Å²) in [6.45, 7) is 8.69. The van der Waals surface area contributed by atoms with E-state index >= 15 is 0 Å². The normalized spacial score (nSPS) is 10.6. The van der Waals surface area contributed by atoms with Crippen LogP contribution in [0.5, 0.6) is 0 Å². The Morgan fingerprint density at radius 3 is 1.43 bits per heavy atom. The lowest BCUT2D eigenvalue weighted by atomic mass is 10.1. The van der Waals surface area contributed by atoms with Gasteiger partial charge in [-0.1, -0.05) is 47.5 Å². The fourth-order valence-electron chi connectivity index (χ4n) is 3.01. The number of carbonyl (C=O) groups is 2. The molecule has 0 radical (unpaired) electrons. The number of hydrogen-bond donors (Lipinski definition) is 0. The van der Waals surface area contributed by atoms with Gasteiger partial charge in [-0.05, 0) is 62.8 Å². The predicted molar refractivity (Wildman–Crippen MR) is 110 cm³/mol. The van der Waals surface area contributed by atoms with Crippen molar-refractivity contribution in [3.63, 3.8) is 0 Å². The molecule has 0 saturated heterocycles. The first-order valence-corrected chi connectivity index (χ1v) is 9.78. The third-order valence-corrected chi connectivity index (χ3v) is 4.79. The van der Waals surface area contributed by atoms with E-state index in [9.17, 15) is 9.59 Å². The van der Waals surface area contributed by atoms with Gasteiger partial charge < -0.3 is 9.47 Å². The van der Waals surface area contributed by atoms with Gasteiger partial charge in [0.15, 0.2) is 0 Å². The van der Waals surface area contributed by atoms with E-state index in [-0.39, 0.29) is 11.9 Å². The van der Waals surface area contributed by atoms with Gasteiger partial charge in [0.2, 0.25) is 0 Å². The summed E-state index contributed by atoms with van der Waals surface area (Å²) >= 11 is 0. The number of rotatable bonds is 9. The van der Waals surface area contributed by atoms with Gasteiger partial charge in [-0.3, -0.25) is 9.59 Å². The fourth-order valence-corrected chi connectivity index (χ4v) is 3.01. The molecule has 2 aromatic carbocycles. The maximum absolute atomic E-state index is 11.9. The van der Waals surface area contributed by atoms with E-state index in [0.29, 0.717) is 38.9 Å². The van der Waals surface area contributed by atoms with Gasteiger partial charge in [0, 0.05) is 12.8 Å². The summed E-state index contributed by atoms with van der Waals surface area (Å²) in [5, 5.41) is 0. The number of aryl methyl sites for hydroxylation is 4. The third kappa shape index (κ3) is 7.18. The molecule has 0 aliphatic carbocycles. The van der Waals surface area contributed by atoms with E-state index < -0.39 is 0 Å². The van der Waals surface area contributed by atoms with Crippen molar-refractivity contribution in [2.75, 3.05) is 0 Å². The van der Waals surface area contributed by atoms with Crippen LogP contribution < -0.4 is 0 Å². The lowest BCUT2D eigenvalue weighted by Gasteiger charge is -2.09. The van der Waals surface area contributed by atoms with Gasteiger partial charge in [0.05, 0.1) is 0 Å². The predicted octanol–water partition coefficient (Wildman–Crippen LogP) is 5.27. The Balaban J connectivity index is 1.61. The molecule has 4 heteroatoms. The van der Waals surface area contributed by atoms with Crippen LogP contribution in [0.15, 0.2) is 36.4 Å². The minimum absolute atomic E-state index is 0.233. The van der Waals surface area contributed by atoms with E-state index in [4.69, 9.17) is 9.47 Å². The SMILES string of the molecule is Cc1ccc(COC(=O)CCCCC(=O)OCc2ccc(C)cc2C)c(C)c1. The zero-order valence-electron chi connectivity index (χ0n) is 17.3. The van der Waals surface area contributed by atoms with E-state index in [1.54, 1.807) is 0 Å². The zero-order chi connectivity index (χ0) is 20.5. The molecule has 0 N–H and O–H groups in total. The molecule has 2 rings (SSSR count). The Kier molecular flexibility index (Phi) is 8.24. The quantitative estimate of drug-likeness (QED) is 0.438. The Morgan fingerprint density at radius 1 is 0.679 bits per heavy atom. The van der Waals surface area contributed by atoms with E-state index in [1.807, 2.05) is 52.0 Å². The highest BCUT2D eigenvalue weighted by molar-refractivity contribution is 5.70. The van der Waals surface area contributed by atoms with Crippen molar-refractivity contribution in [1.82, 2.24) is 0 Å². The van der Waals surface area contributed by atoms with Gasteiger partial charge in [0.1, 0.15) is 13.2 Å². The first kappa shape index (κ1) is 21.7. The lowest BCUT2D eigenvalue weighted by molar-refractivity contribution is -0.147. The first-order valence-electron chi connectivity index (χ1n) is 9.78. The molecule has 0 aliphatic heterocycles. The summed E-state index contributed by atoms with van der Waals surface area (Å²) in [6.07, 6.45) is 1.86. The van der Waals surface area contributed by atoms with E-state index in [0.717, 1.165) is 22.3 Å². The summed E-state index contributed by atoms with van der Waals surface area (Å²) < 4.78 is 10.7. The molecule has 0 bridgehead atoms. The molecular weight excluding hydrogens is 352 g/mol. The van der Waals surface area contributed by atoms with Crippen LogP contribution in [0, 0.1) is 27.7 Å². The van der Waals surface area contributed by atoms with Crippen LogP contribution in [-0.4, -0.2) is 11.9 Å². The average molecular weight is 383 g/mol. The summed E-state index contributed by atoms with van der Waals surface area (Å²) in [7, 11) is 0. The van der Waals surface area contributed by atoms with Crippen molar-refractivity contribution in [3.05, 3.63) is 69.8 Å². The van der Waals surface area contributed by atoms with E-state index in [1.165, 1.54) is 11.1 Å².